The number of thiazole rings is 1. The van der Waals surface area contributed by atoms with Crippen molar-refractivity contribution in [3.63, 3.8) is 0 Å². The average molecular weight is 400 g/mol. The summed E-state index contributed by atoms with van der Waals surface area (Å²) in [4.78, 5) is 21.7. The fourth-order valence-corrected chi connectivity index (χ4v) is 4.61. The Bertz CT molecular complexity index is 959. The van der Waals surface area contributed by atoms with Gasteiger partial charge < -0.3 is 9.80 Å². The quantitative estimate of drug-likeness (QED) is 0.619. The molecule has 6 heteroatoms. The number of amides is 1. The lowest BCUT2D eigenvalue weighted by atomic mass is 10.0. The predicted octanol–water partition coefficient (Wildman–Crippen LogP) is 5.04. The van der Waals surface area contributed by atoms with Crippen LogP contribution in [0.3, 0.4) is 0 Å². The number of hydrogen-bond donors (Lipinski definition) is 0. The molecule has 0 N–H and O–H groups in total. The topological polar surface area (TPSA) is 36.4 Å². The van der Waals surface area contributed by atoms with E-state index in [4.69, 9.17) is 16.6 Å². The summed E-state index contributed by atoms with van der Waals surface area (Å²) >= 11 is 7.73. The second-order valence-electron chi connectivity index (χ2n) is 7.16. The Kier molecular flexibility index (Phi) is 5.06. The average Bonchev–Trinajstić information content (AvgIpc) is 3.11. The first kappa shape index (κ1) is 18.3. The van der Waals surface area contributed by atoms with Gasteiger partial charge in [0.2, 0.25) is 0 Å². The van der Waals surface area contributed by atoms with Crippen molar-refractivity contribution in [1.82, 2.24) is 9.88 Å². The van der Waals surface area contributed by atoms with Gasteiger partial charge in [-0.1, -0.05) is 48.9 Å². The van der Waals surface area contributed by atoms with Crippen LogP contribution in [0, 0.1) is 0 Å². The van der Waals surface area contributed by atoms with Gasteiger partial charge in [0.15, 0.2) is 5.13 Å². The molecule has 1 saturated heterocycles. The van der Waals surface area contributed by atoms with E-state index in [-0.39, 0.29) is 5.91 Å². The van der Waals surface area contributed by atoms with E-state index >= 15 is 0 Å². The molecule has 0 unspecified atom stereocenters. The SMILES string of the molecule is CC(C)c1ccc(C(=O)N2CCN(c3nc4ccc(Cl)cc4s3)CC2)cc1. The number of nitrogens with zero attached hydrogens (tertiary/aromatic N) is 3. The van der Waals surface area contributed by atoms with E-state index in [1.54, 1.807) is 11.3 Å². The molecule has 1 aromatic heterocycles. The lowest BCUT2D eigenvalue weighted by Gasteiger charge is -2.34. The summed E-state index contributed by atoms with van der Waals surface area (Å²) in [6.45, 7) is 7.33. The van der Waals surface area contributed by atoms with Crippen molar-refractivity contribution in [2.75, 3.05) is 31.1 Å². The second-order valence-corrected chi connectivity index (χ2v) is 8.61. The highest BCUT2D eigenvalue weighted by Crippen LogP contribution is 2.31. The maximum absolute atomic E-state index is 12.8. The number of anilines is 1. The Balaban J connectivity index is 1.42. The van der Waals surface area contributed by atoms with Crippen LogP contribution in [-0.2, 0) is 0 Å². The Labute approximate surface area is 168 Å². The number of hydrogen-bond acceptors (Lipinski definition) is 4. The number of piperazine rings is 1. The Morgan fingerprint density at radius 1 is 1.07 bits per heavy atom. The van der Waals surface area contributed by atoms with Crippen LogP contribution in [0.5, 0.6) is 0 Å². The van der Waals surface area contributed by atoms with E-state index in [1.165, 1.54) is 5.56 Å². The molecule has 0 spiro atoms. The molecule has 1 fully saturated rings. The fraction of sp³-hybridized carbons (Fsp3) is 0.333. The number of benzene rings is 2. The lowest BCUT2D eigenvalue weighted by Crippen LogP contribution is -2.48. The first-order valence-corrected chi connectivity index (χ1v) is 10.4. The van der Waals surface area contributed by atoms with Crippen LogP contribution in [0.25, 0.3) is 10.2 Å². The number of fused-ring (bicyclic) bond motifs is 1. The third kappa shape index (κ3) is 3.80. The van der Waals surface area contributed by atoms with Crippen molar-refractivity contribution in [3.05, 3.63) is 58.6 Å². The smallest absolute Gasteiger partial charge is 0.253 e. The lowest BCUT2D eigenvalue weighted by molar-refractivity contribution is 0.0746. The van der Waals surface area contributed by atoms with Gasteiger partial charge >= 0.3 is 0 Å². The molecule has 2 aromatic carbocycles. The molecule has 1 aliphatic rings. The molecule has 0 aliphatic carbocycles. The van der Waals surface area contributed by atoms with Gasteiger partial charge in [-0.2, -0.15) is 0 Å². The van der Waals surface area contributed by atoms with Crippen molar-refractivity contribution in [2.45, 2.75) is 19.8 Å². The number of rotatable bonds is 3. The zero-order chi connectivity index (χ0) is 19.0. The highest BCUT2D eigenvalue weighted by molar-refractivity contribution is 7.22. The summed E-state index contributed by atoms with van der Waals surface area (Å²) in [5.41, 5.74) is 3.00. The van der Waals surface area contributed by atoms with Crippen LogP contribution in [0.1, 0.15) is 35.7 Å². The van der Waals surface area contributed by atoms with E-state index < -0.39 is 0 Å². The molecule has 2 heterocycles. The number of halogens is 1. The van der Waals surface area contributed by atoms with E-state index in [0.29, 0.717) is 19.0 Å². The molecule has 1 aliphatic heterocycles. The minimum Gasteiger partial charge on any atom is -0.345 e. The number of carbonyl (C=O) groups excluding carboxylic acids is 1. The van der Waals surface area contributed by atoms with Gasteiger partial charge in [-0.3, -0.25) is 4.79 Å². The summed E-state index contributed by atoms with van der Waals surface area (Å²) in [5.74, 6) is 0.586. The Morgan fingerprint density at radius 2 is 1.78 bits per heavy atom. The zero-order valence-corrected chi connectivity index (χ0v) is 17.1. The van der Waals surface area contributed by atoms with Crippen LogP contribution in [-0.4, -0.2) is 42.0 Å². The monoisotopic (exact) mass is 399 g/mol. The molecular formula is C21H22ClN3OS. The number of aromatic nitrogens is 1. The molecule has 27 heavy (non-hydrogen) atoms. The first-order valence-electron chi connectivity index (χ1n) is 9.21. The van der Waals surface area contributed by atoms with Crippen LogP contribution in [0.4, 0.5) is 5.13 Å². The summed E-state index contributed by atoms with van der Waals surface area (Å²) in [7, 11) is 0. The summed E-state index contributed by atoms with van der Waals surface area (Å²) in [5, 5.41) is 1.73. The van der Waals surface area contributed by atoms with Gasteiger partial charge in [0, 0.05) is 36.8 Å². The molecule has 0 radical (unpaired) electrons. The van der Waals surface area contributed by atoms with Crippen molar-refractivity contribution >= 4 is 44.2 Å². The maximum atomic E-state index is 12.8. The molecular weight excluding hydrogens is 378 g/mol. The maximum Gasteiger partial charge on any atom is 0.253 e. The summed E-state index contributed by atoms with van der Waals surface area (Å²) < 4.78 is 1.10. The van der Waals surface area contributed by atoms with Gasteiger partial charge in [-0.05, 0) is 41.8 Å². The largest absolute Gasteiger partial charge is 0.345 e. The van der Waals surface area contributed by atoms with Crippen LogP contribution in [0.15, 0.2) is 42.5 Å². The van der Waals surface area contributed by atoms with Crippen molar-refractivity contribution < 1.29 is 4.79 Å². The van der Waals surface area contributed by atoms with Gasteiger partial charge in [0.1, 0.15) is 0 Å². The van der Waals surface area contributed by atoms with Crippen molar-refractivity contribution in [2.24, 2.45) is 0 Å². The fourth-order valence-electron chi connectivity index (χ4n) is 3.32. The minimum atomic E-state index is 0.112. The first-order chi connectivity index (χ1) is 13.0. The van der Waals surface area contributed by atoms with E-state index in [2.05, 4.69) is 30.9 Å². The predicted molar refractivity (Wildman–Crippen MR) is 113 cm³/mol. The van der Waals surface area contributed by atoms with Crippen LogP contribution in [0.2, 0.25) is 5.02 Å². The third-order valence-electron chi connectivity index (χ3n) is 5.00. The van der Waals surface area contributed by atoms with E-state index in [1.807, 2.05) is 35.2 Å². The van der Waals surface area contributed by atoms with Gasteiger partial charge in [0.25, 0.3) is 5.91 Å². The molecule has 4 rings (SSSR count). The van der Waals surface area contributed by atoms with Gasteiger partial charge in [0.05, 0.1) is 10.2 Å². The molecule has 140 valence electrons. The molecule has 1 amide bonds. The van der Waals surface area contributed by atoms with E-state index in [0.717, 1.165) is 39.0 Å². The highest BCUT2D eigenvalue weighted by atomic mass is 35.5. The zero-order valence-electron chi connectivity index (χ0n) is 15.5. The van der Waals surface area contributed by atoms with Crippen molar-refractivity contribution in [3.8, 4) is 0 Å². The normalized spacial score (nSPS) is 15.0. The van der Waals surface area contributed by atoms with Gasteiger partial charge in [-0.15, -0.1) is 0 Å². The standard InChI is InChI=1S/C21H22ClN3OS/c1-14(2)15-3-5-16(6-4-15)20(26)24-9-11-25(12-10-24)21-23-18-8-7-17(22)13-19(18)27-21/h3-8,13-14H,9-12H2,1-2H3. The summed E-state index contributed by atoms with van der Waals surface area (Å²) in [6, 6.07) is 13.8. The second kappa shape index (κ2) is 7.49. The Hall–Kier alpha value is -2.11. The molecule has 0 bridgehead atoms. The highest BCUT2D eigenvalue weighted by Gasteiger charge is 2.24. The number of carbonyl (C=O) groups is 1. The molecule has 4 nitrogen and oxygen atoms in total. The summed E-state index contributed by atoms with van der Waals surface area (Å²) in [6.07, 6.45) is 0. The van der Waals surface area contributed by atoms with Crippen LogP contribution < -0.4 is 4.90 Å². The minimum absolute atomic E-state index is 0.112. The van der Waals surface area contributed by atoms with Crippen LogP contribution >= 0.6 is 22.9 Å². The third-order valence-corrected chi connectivity index (χ3v) is 6.31. The molecule has 0 atom stereocenters. The molecule has 0 saturated carbocycles. The Morgan fingerprint density at radius 3 is 2.44 bits per heavy atom. The van der Waals surface area contributed by atoms with Gasteiger partial charge in [-0.25, -0.2) is 4.98 Å². The molecule has 3 aromatic rings. The van der Waals surface area contributed by atoms with Crippen molar-refractivity contribution in [1.29, 1.82) is 0 Å². The van der Waals surface area contributed by atoms with E-state index in [9.17, 15) is 4.79 Å².